The first-order valence-corrected chi connectivity index (χ1v) is 13.4. The topological polar surface area (TPSA) is 101 Å². The molecule has 35 heavy (non-hydrogen) atoms. The summed E-state index contributed by atoms with van der Waals surface area (Å²) >= 11 is 0. The lowest BCUT2D eigenvalue weighted by atomic mass is 10.4. The van der Waals surface area contributed by atoms with Crippen molar-refractivity contribution in [1.29, 1.82) is 0 Å². The second kappa shape index (κ2) is 11.5. The molecule has 0 atom stereocenters. The van der Waals surface area contributed by atoms with E-state index >= 15 is 0 Å². The lowest BCUT2D eigenvalue weighted by Gasteiger charge is -2.19. The SMILES string of the molecule is O=S(=O)([O-])C(F)(F)COS(=O)(=O)C(F)(F)F.c1ccc([S+](c2ccccc2)c2ccccc2)cc1. The predicted octanol–water partition coefficient (Wildman–Crippen LogP) is 4.77. The van der Waals surface area contributed by atoms with Crippen LogP contribution in [0, 0.1) is 0 Å². The van der Waals surface area contributed by atoms with Crippen LogP contribution >= 0.6 is 0 Å². The molecule has 3 aromatic carbocycles. The molecule has 0 saturated heterocycles. The van der Waals surface area contributed by atoms with Crippen molar-refractivity contribution in [2.45, 2.75) is 25.4 Å². The fourth-order valence-corrected chi connectivity index (χ4v) is 5.18. The van der Waals surface area contributed by atoms with Crippen LogP contribution in [-0.2, 0) is 35.3 Å². The lowest BCUT2D eigenvalue weighted by Crippen LogP contribution is -2.37. The van der Waals surface area contributed by atoms with E-state index < -0.39 is 37.6 Å². The van der Waals surface area contributed by atoms with E-state index in [4.69, 9.17) is 0 Å². The van der Waals surface area contributed by atoms with Gasteiger partial charge in [0.25, 0.3) is 0 Å². The zero-order valence-electron chi connectivity index (χ0n) is 17.4. The van der Waals surface area contributed by atoms with Crippen LogP contribution in [0.25, 0.3) is 0 Å². The minimum absolute atomic E-state index is 0.0146. The summed E-state index contributed by atoms with van der Waals surface area (Å²) in [7, 11) is -12.7. The van der Waals surface area contributed by atoms with Gasteiger partial charge >= 0.3 is 20.9 Å². The van der Waals surface area contributed by atoms with Crippen molar-refractivity contribution in [3.63, 3.8) is 0 Å². The molecule has 0 fully saturated rings. The summed E-state index contributed by atoms with van der Waals surface area (Å²) in [5.74, 6) is 0. The summed E-state index contributed by atoms with van der Waals surface area (Å²) in [6.07, 6.45) is 0. The van der Waals surface area contributed by atoms with Crippen LogP contribution in [0.3, 0.4) is 0 Å². The molecule has 0 spiro atoms. The Kier molecular flexibility index (Phi) is 9.42. The highest BCUT2D eigenvalue weighted by atomic mass is 32.2. The molecule has 6 nitrogen and oxygen atoms in total. The van der Waals surface area contributed by atoms with Crippen LogP contribution in [0.2, 0.25) is 0 Å². The third-order valence-electron chi connectivity index (χ3n) is 3.97. The number of rotatable bonds is 7. The Morgan fingerprint density at radius 2 is 0.971 bits per heavy atom. The Labute approximate surface area is 201 Å². The van der Waals surface area contributed by atoms with Gasteiger partial charge in [0.1, 0.15) is 6.61 Å². The summed E-state index contributed by atoms with van der Waals surface area (Å²) in [5, 5.41) is -5.27. The number of hydrogen-bond acceptors (Lipinski definition) is 6. The van der Waals surface area contributed by atoms with Gasteiger partial charge in [0.15, 0.2) is 24.8 Å². The van der Waals surface area contributed by atoms with Crippen molar-refractivity contribution in [2.75, 3.05) is 6.61 Å². The normalized spacial score (nSPS) is 12.7. The van der Waals surface area contributed by atoms with Crippen LogP contribution in [0.15, 0.2) is 106 Å². The molecule has 3 rings (SSSR count). The standard InChI is InChI=1S/C18H15S.C3H3F5O6S2/c1-4-10-16(11-5-1)19(17-12-6-2-7-13-17)18-14-8-3-9-15-18;4-2(5,15(9,10)11)1-14-16(12,13)3(6,7)8/h1-15H;1H2,(H,9,10,11)/q+1;/p-1. The average molecular weight is 557 g/mol. The van der Waals surface area contributed by atoms with Gasteiger partial charge in [-0.15, -0.1) is 0 Å². The van der Waals surface area contributed by atoms with Crippen LogP contribution in [-0.4, -0.2) is 38.8 Å². The maximum atomic E-state index is 12.2. The zero-order valence-corrected chi connectivity index (χ0v) is 19.9. The number of hydrogen-bond donors (Lipinski definition) is 0. The van der Waals surface area contributed by atoms with Gasteiger partial charge in [0.2, 0.25) is 0 Å². The molecule has 0 aromatic heterocycles. The first kappa shape index (κ1) is 28.7. The first-order chi connectivity index (χ1) is 16.2. The third kappa shape index (κ3) is 8.00. The summed E-state index contributed by atoms with van der Waals surface area (Å²) in [6.45, 7) is -2.74. The smallest absolute Gasteiger partial charge is 0.523 e. The molecule has 0 saturated carbocycles. The molecule has 190 valence electrons. The van der Waals surface area contributed by atoms with Crippen molar-refractivity contribution in [2.24, 2.45) is 0 Å². The summed E-state index contributed by atoms with van der Waals surface area (Å²) < 4.78 is 111. The molecule has 0 amide bonds. The van der Waals surface area contributed by atoms with Gasteiger partial charge in [-0.3, -0.25) is 4.18 Å². The minimum atomic E-state index is -6.37. The van der Waals surface area contributed by atoms with E-state index in [1.165, 1.54) is 14.7 Å². The van der Waals surface area contributed by atoms with Gasteiger partial charge in [-0.1, -0.05) is 54.6 Å². The Balaban J connectivity index is 0.000000252. The van der Waals surface area contributed by atoms with E-state index in [0.717, 1.165) is 0 Å². The largest absolute Gasteiger partial charge is 0.743 e. The average Bonchev–Trinajstić information content (AvgIpc) is 2.79. The lowest BCUT2D eigenvalue weighted by molar-refractivity contribution is -0.0599. The molecular formula is C21H17F5O6S3. The quantitative estimate of drug-likeness (QED) is 0.137. The molecule has 0 bridgehead atoms. The van der Waals surface area contributed by atoms with Crippen molar-refractivity contribution < 1.29 is 47.5 Å². The molecule has 0 radical (unpaired) electrons. The second-order valence-electron chi connectivity index (χ2n) is 6.50. The Morgan fingerprint density at radius 1 is 0.657 bits per heavy atom. The minimum Gasteiger partial charge on any atom is -0.743 e. The van der Waals surface area contributed by atoms with E-state index in [1.54, 1.807) is 0 Å². The monoisotopic (exact) mass is 556 g/mol. The highest BCUT2D eigenvalue weighted by Crippen LogP contribution is 2.30. The van der Waals surface area contributed by atoms with Crippen LogP contribution in [0.1, 0.15) is 0 Å². The van der Waals surface area contributed by atoms with Gasteiger partial charge in [0.05, 0.1) is 10.9 Å². The van der Waals surface area contributed by atoms with E-state index in [-0.39, 0.29) is 10.9 Å². The Bertz CT molecular complexity index is 1190. The van der Waals surface area contributed by atoms with Crippen molar-refractivity contribution in [3.8, 4) is 0 Å². The first-order valence-electron chi connectivity index (χ1n) is 9.34. The summed E-state index contributed by atoms with van der Waals surface area (Å²) in [4.78, 5) is 4.08. The highest BCUT2D eigenvalue weighted by molar-refractivity contribution is 7.97. The highest BCUT2D eigenvalue weighted by Gasteiger charge is 2.50. The molecule has 0 aliphatic carbocycles. The molecular weight excluding hydrogens is 539 g/mol. The molecule has 0 heterocycles. The maximum Gasteiger partial charge on any atom is 0.523 e. The van der Waals surface area contributed by atoms with Crippen LogP contribution in [0.5, 0.6) is 0 Å². The summed E-state index contributed by atoms with van der Waals surface area (Å²) in [5.41, 5.74) is -5.99. The van der Waals surface area contributed by atoms with Gasteiger partial charge in [-0.2, -0.15) is 30.4 Å². The zero-order chi connectivity index (χ0) is 26.3. The Hall–Kier alpha value is -2.52. The molecule has 0 aliphatic heterocycles. The Morgan fingerprint density at radius 3 is 1.23 bits per heavy atom. The van der Waals surface area contributed by atoms with Crippen molar-refractivity contribution in [3.05, 3.63) is 91.0 Å². The fraction of sp³-hybridized carbons (Fsp3) is 0.143. The number of benzene rings is 3. The molecule has 0 unspecified atom stereocenters. The predicted molar refractivity (Wildman–Crippen MR) is 117 cm³/mol. The molecule has 0 N–H and O–H groups in total. The van der Waals surface area contributed by atoms with Gasteiger partial charge in [-0.25, -0.2) is 8.42 Å². The third-order valence-corrected chi connectivity index (χ3v) is 8.04. The fourth-order valence-electron chi connectivity index (χ4n) is 2.36. The van der Waals surface area contributed by atoms with Crippen LogP contribution < -0.4 is 0 Å². The number of alkyl halides is 5. The van der Waals surface area contributed by atoms with E-state index in [1.807, 2.05) is 0 Å². The molecule has 3 aromatic rings. The van der Waals surface area contributed by atoms with Gasteiger partial charge < -0.3 is 4.55 Å². The van der Waals surface area contributed by atoms with Crippen molar-refractivity contribution in [1.82, 2.24) is 0 Å². The van der Waals surface area contributed by atoms with Crippen molar-refractivity contribution >= 4 is 31.1 Å². The molecule has 14 heteroatoms. The van der Waals surface area contributed by atoms with Gasteiger partial charge in [-0.05, 0) is 36.4 Å². The van der Waals surface area contributed by atoms with E-state index in [0.29, 0.717) is 0 Å². The van der Waals surface area contributed by atoms with E-state index in [2.05, 4.69) is 95.2 Å². The van der Waals surface area contributed by atoms with Crippen LogP contribution in [0.4, 0.5) is 22.0 Å². The van der Waals surface area contributed by atoms with Gasteiger partial charge in [0, 0.05) is 0 Å². The second-order valence-corrected chi connectivity index (χ2v) is 11.6. The maximum absolute atomic E-state index is 12.2. The van der Waals surface area contributed by atoms with E-state index in [9.17, 15) is 43.3 Å². The number of halogens is 5. The molecule has 0 aliphatic rings. The summed E-state index contributed by atoms with van der Waals surface area (Å²) in [6, 6.07) is 32.2.